The van der Waals surface area contributed by atoms with E-state index in [4.69, 9.17) is 19.6 Å². The molecule has 1 unspecified atom stereocenters. The van der Waals surface area contributed by atoms with Crippen LogP contribution in [0.2, 0.25) is 0 Å². The van der Waals surface area contributed by atoms with Crippen molar-refractivity contribution in [2.45, 2.75) is 32.4 Å². The van der Waals surface area contributed by atoms with E-state index in [1.807, 2.05) is 29.1 Å². The number of benzene rings is 2. The van der Waals surface area contributed by atoms with Crippen molar-refractivity contribution >= 4 is 27.3 Å². The number of ether oxygens (including phenoxy) is 2. The van der Waals surface area contributed by atoms with Crippen molar-refractivity contribution in [3.8, 4) is 39.5 Å². The predicted octanol–water partition coefficient (Wildman–Crippen LogP) is 6.92. The van der Waals surface area contributed by atoms with Crippen LogP contribution in [0.25, 0.3) is 43.9 Å². The van der Waals surface area contributed by atoms with Gasteiger partial charge in [0.25, 0.3) is 0 Å². The maximum Gasteiger partial charge on any atom is 0.246 e. The molecule has 2 aliphatic rings. The lowest BCUT2D eigenvalue weighted by Gasteiger charge is -2.33. The van der Waals surface area contributed by atoms with Crippen molar-refractivity contribution in [2.24, 2.45) is 0 Å². The summed E-state index contributed by atoms with van der Waals surface area (Å²) in [5, 5.41) is 7.80. The van der Waals surface area contributed by atoms with Crippen LogP contribution in [0.3, 0.4) is 0 Å². The third-order valence-corrected chi connectivity index (χ3v) is 10.3. The monoisotopic (exact) mass is 669 g/mol. The lowest BCUT2D eigenvalue weighted by Crippen LogP contribution is -2.40. The Bertz CT molecular complexity index is 2040. The highest BCUT2D eigenvalue weighted by molar-refractivity contribution is 7.18. The van der Waals surface area contributed by atoms with Gasteiger partial charge in [0, 0.05) is 60.1 Å². The molecule has 11 heteroatoms. The van der Waals surface area contributed by atoms with E-state index in [9.17, 15) is 9.18 Å². The lowest BCUT2D eigenvalue weighted by molar-refractivity contribution is -0.129. The third-order valence-electron chi connectivity index (χ3n) is 9.39. The smallest absolute Gasteiger partial charge is 0.246 e. The topological polar surface area (TPSA) is 72.7 Å². The summed E-state index contributed by atoms with van der Waals surface area (Å²) in [7, 11) is 3.69. The van der Waals surface area contributed by atoms with Gasteiger partial charge in [-0.3, -0.25) is 9.48 Å². The normalized spacial score (nSPS) is 16.4. The van der Waals surface area contributed by atoms with Crippen molar-refractivity contribution in [1.29, 1.82) is 0 Å². The van der Waals surface area contributed by atoms with Crippen molar-refractivity contribution in [3.05, 3.63) is 89.0 Å². The van der Waals surface area contributed by atoms with E-state index < -0.39 is 11.6 Å². The number of hydrogen-bond donors (Lipinski definition) is 0. The molecule has 0 radical (unpaired) electrons. The Kier molecular flexibility index (Phi) is 8.84. The first-order valence-corrected chi connectivity index (χ1v) is 17.0. The van der Waals surface area contributed by atoms with Crippen LogP contribution >= 0.6 is 11.3 Å². The SMILES string of the molecule is C=CC(=O)N1CCn2nc(-c3nc(-c4ccc5c(c4)CCN(C)CC5)c4ccsc4c3-c3c(F)cc(F)cc3OCCOC)cc2C1C. The average Bonchev–Trinajstić information content (AvgIpc) is 3.70. The van der Waals surface area contributed by atoms with Gasteiger partial charge in [0.15, 0.2) is 0 Å². The number of aromatic nitrogens is 3. The zero-order chi connectivity index (χ0) is 33.5. The molecule has 2 aliphatic heterocycles. The van der Waals surface area contributed by atoms with Gasteiger partial charge in [-0.15, -0.1) is 11.3 Å². The molecule has 248 valence electrons. The Morgan fingerprint density at radius 2 is 1.83 bits per heavy atom. The minimum atomic E-state index is -0.762. The van der Waals surface area contributed by atoms with Crippen LogP contribution in [0.15, 0.2) is 60.5 Å². The van der Waals surface area contributed by atoms with Crippen LogP contribution in [0.4, 0.5) is 8.78 Å². The van der Waals surface area contributed by atoms with Crippen molar-refractivity contribution in [1.82, 2.24) is 24.6 Å². The van der Waals surface area contributed by atoms with E-state index in [0.29, 0.717) is 30.0 Å². The van der Waals surface area contributed by atoms with E-state index in [0.717, 1.165) is 59.0 Å². The Balaban J connectivity index is 1.47. The van der Waals surface area contributed by atoms with E-state index >= 15 is 4.39 Å². The number of nitrogens with zero attached hydrogens (tertiary/aromatic N) is 5. The minimum absolute atomic E-state index is 0.0595. The molecule has 0 saturated heterocycles. The summed E-state index contributed by atoms with van der Waals surface area (Å²) in [5.74, 6) is -1.60. The summed E-state index contributed by atoms with van der Waals surface area (Å²) >= 11 is 1.47. The summed E-state index contributed by atoms with van der Waals surface area (Å²) < 4.78 is 44.6. The van der Waals surface area contributed by atoms with Crippen molar-refractivity contribution in [2.75, 3.05) is 47.0 Å². The highest BCUT2D eigenvalue weighted by Gasteiger charge is 2.31. The quantitative estimate of drug-likeness (QED) is 0.132. The first-order chi connectivity index (χ1) is 23.3. The molecule has 0 aliphatic carbocycles. The van der Waals surface area contributed by atoms with Crippen LogP contribution < -0.4 is 4.74 Å². The number of carbonyl (C=O) groups excluding carboxylic acids is 1. The van der Waals surface area contributed by atoms with Gasteiger partial charge >= 0.3 is 0 Å². The van der Waals surface area contributed by atoms with Crippen LogP contribution in [-0.4, -0.2) is 77.5 Å². The first-order valence-electron chi connectivity index (χ1n) is 16.1. The Labute approximate surface area is 282 Å². The van der Waals surface area contributed by atoms with Crippen LogP contribution in [0.1, 0.15) is 29.8 Å². The molecule has 48 heavy (non-hydrogen) atoms. The second-order valence-corrected chi connectivity index (χ2v) is 13.2. The molecule has 3 aromatic heterocycles. The van der Waals surface area contributed by atoms with Crippen LogP contribution in [-0.2, 0) is 28.9 Å². The molecular weight excluding hydrogens is 633 g/mol. The number of halogens is 2. The number of pyridine rings is 1. The number of thiophene rings is 1. The second kappa shape index (κ2) is 13.2. The predicted molar refractivity (Wildman–Crippen MR) is 184 cm³/mol. The molecule has 0 bridgehead atoms. The highest BCUT2D eigenvalue weighted by atomic mass is 32.1. The molecule has 8 nitrogen and oxygen atoms in total. The summed E-state index contributed by atoms with van der Waals surface area (Å²) in [6, 6.07) is 12.3. The summed E-state index contributed by atoms with van der Waals surface area (Å²) in [6.45, 7) is 8.91. The van der Waals surface area contributed by atoms with Gasteiger partial charge in [-0.25, -0.2) is 13.8 Å². The van der Waals surface area contributed by atoms with Gasteiger partial charge in [0.05, 0.1) is 36.1 Å². The molecule has 0 spiro atoms. The van der Waals surface area contributed by atoms with E-state index in [1.165, 1.54) is 34.6 Å². The number of likely N-dealkylation sites (N-methyl/N-ethyl adjacent to an activating group) is 1. The van der Waals surface area contributed by atoms with Crippen molar-refractivity contribution < 1.29 is 23.0 Å². The summed E-state index contributed by atoms with van der Waals surface area (Å²) in [4.78, 5) is 22.0. The molecular formula is C37H37F2N5O3S. The molecule has 5 heterocycles. The second-order valence-electron chi connectivity index (χ2n) is 12.3. The number of fused-ring (bicyclic) bond motifs is 3. The molecule has 7 rings (SSSR count). The number of hydrogen-bond acceptors (Lipinski definition) is 7. The third kappa shape index (κ3) is 5.80. The molecule has 0 saturated carbocycles. The van der Waals surface area contributed by atoms with E-state index in [2.05, 4.69) is 36.7 Å². The Morgan fingerprint density at radius 3 is 2.62 bits per heavy atom. The fourth-order valence-corrected chi connectivity index (χ4v) is 7.77. The van der Waals surface area contributed by atoms with Gasteiger partial charge in [-0.05, 0) is 67.6 Å². The van der Waals surface area contributed by atoms with Gasteiger partial charge in [0.1, 0.15) is 35.4 Å². The maximum absolute atomic E-state index is 16.1. The van der Waals surface area contributed by atoms with E-state index in [1.54, 1.807) is 12.0 Å². The molecule has 2 aromatic carbocycles. The van der Waals surface area contributed by atoms with Crippen LogP contribution in [0.5, 0.6) is 5.75 Å². The first kappa shape index (κ1) is 32.1. The van der Waals surface area contributed by atoms with E-state index in [-0.39, 0.29) is 36.5 Å². The number of rotatable bonds is 8. The Morgan fingerprint density at radius 1 is 1.02 bits per heavy atom. The standard InChI is InChI=1S/C37H37F2N5O3S/c1-5-32(45)43-13-14-44-30(22(43)2)21-29(41-44)36-34(33-28(39)19-26(38)20-31(33)47-16-15-46-4)37-27(10-17-48-37)35(40-36)25-7-6-23-8-11-42(3)12-9-24(23)18-25/h5-7,10,17-22H,1,8-9,11-16H2,2-4H3. The largest absolute Gasteiger partial charge is 0.490 e. The number of carbonyl (C=O) groups is 1. The molecule has 1 amide bonds. The summed E-state index contributed by atoms with van der Waals surface area (Å²) in [5.41, 5.74) is 6.76. The van der Waals surface area contributed by atoms with Gasteiger partial charge in [-0.2, -0.15) is 5.10 Å². The number of amides is 1. The zero-order valence-electron chi connectivity index (χ0n) is 27.3. The average molecular weight is 670 g/mol. The zero-order valence-corrected chi connectivity index (χ0v) is 28.1. The molecule has 5 aromatic rings. The van der Waals surface area contributed by atoms with Gasteiger partial charge in [-0.1, -0.05) is 18.7 Å². The fourth-order valence-electron chi connectivity index (χ4n) is 6.82. The van der Waals surface area contributed by atoms with Crippen LogP contribution in [0, 0.1) is 11.6 Å². The van der Waals surface area contributed by atoms with Gasteiger partial charge in [0.2, 0.25) is 5.91 Å². The number of methoxy groups -OCH3 is 1. The maximum atomic E-state index is 16.1. The summed E-state index contributed by atoms with van der Waals surface area (Å²) in [6.07, 6.45) is 3.24. The fraction of sp³-hybridized carbons (Fsp3) is 0.324. The molecule has 0 fully saturated rings. The Hall–Kier alpha value is -4.45. The molecule has 1 atom stereocenters. The lowest BCUT2D eigenvalue weighted by atomic mass is 9.94. The minimum Gasteiger partial charge on any atom is -0.490 e. The van der Waals surface area contributed by atoms with Crippen molar-refractivity contribution in [3.63, 3.8) is 0 Å². The van der Waals surface area contributed by atoms with Gasteiger partial charge < -0.3 is 19.3 Å². The highest BCUT2D eigenvalue weighted by Crippen LogP contribution is 2.47. The molecule has 0 N–H and O–H groups in total.